The summed E-state index contributed by atoms with van der Waals surface area (Å²) in [5, 5.41) is 10.5. The standard InChI is InChI=1S/C11H12N2O4S/c1-4-11(2,3)12-18(16,17)10-7-5-9(6-8-10)13(14)15/h1,5-8,12H,2-3H3. The summed E-state index contributed by atoms with van der Waals surface area (Å²) in [6, 6.07) is 4.56. The van der Waals surface area contributed by atoms with Crippen LogP contribution in [-0.2, 0) is 10.0 Å². The Kier molecular flexibility index (Phi) is 3.74. The van der Waals surface area contributed by atoms with Crippen molar-refractivity contribution in [2.24, 2.45) is 0 Å². The van der Waals surface area contributed by atoms with Gasteiger partial charge in [0.05, 0.1) is 15.4 Å². The molecular weight excluding hydrogens is 256 g/mol. The smallest absolute Gasteiger partial charge is 0.258 e. The van der Waals surface area contributed by atoms with Gasteiger partial charge in [-0.15, -0.1) is 6.42 Å². The third-order valence-corrected chi connectivity index (χ3v) is 3.78. The van der Waals surface area contributed by atoms with Crippen LogP contribution in [0.4, 0.5) is 5.69 Å². The Morgan fingerprint density at radius 2 is 1.83 bits per heavy atom. The molecule has 0 unspecified atom stereocenters. The first-order chi connectivity index (χ1) is 8.18. The highest BCUT2D eigenvalue weighted by Gasteiger charge is 2.24. The van der Waals surface area contributed by atoms with Gasteiger partial charge in [-0.2, -0.15) is 4.72 Å². The van der Waals surface area contributed by atoms with Crippen molar-refractivity contribution in [1.82, 2.24) is 4.72 Å². The largest absolute Gasteiger partial charge is 0.269 e. The summed E-state index contributed by atoms with van der Waals surface area (Å²) in [6.45, 7) is 3.08. The number of terminal acetylenes is 1. The van der Waals surface area contributed by atoms with Crippen molar-refractivity contribution in [3.63, 3.8) is 0 Å². The molecule has 0 saturated heterocycles. The molecule has 0 heterocycles. The average molecular weight is 268 g/mol. The summed E-state index contributed by atoms with van der Waals surface area (Å²) in [4.78, 5) is 9.78. The Morgan fingerprint density at radius 3 is 2.22 bits per heavy atom. The van der Waals surface area contributed by atoms with Crippen molar-refractivity contribution < 1.29 is 13.3 Å². The minimum Gasteiger partial charge on any atom is -0.258 e. The van der Waals surface area contributed by atoms with Crippen LogP contribution >= 0.6 is 0 Å². The summed E-state index contributed by atoms with van der Waals surface area (Å²) >= 11 is 0. The summed E-state index contributed by atoms with van der Waals surface area (Å²) < 4.78 is 26.1. The van der Waals surface area contributed by atoms with E-state index in [1.54, 1.807) is 0 Å². The van der Waals surface area contributed by atoms with Gasteiger partial charge in [0.25, 0.3) is 5.69 Å². The SMILES string of the molecule is C#CC(C)(C)NS(=O)(=O)c1ccc([N+](=O)[O-])cc1. The second-order valence-corrected chi connectivity index (χ2v) is 5.81. The molecule has 0 atom stereocenters. The van der Waals surface area contributed by atoms with Gasteiger partial charge >= 0.3 is 0 Å². The molecule has 0 aromatic heterocycles. The monoisotopic (exact) mass is 268 g/mol. The predicted octanol–water partition coefficient (Wildman–Crippen LogP) is 1.28. The predicted molar refractivity (Wildman–Crippen MR) is 66.3 cm³/mol. The van der Waals surface area contributed by atoms with Crippen LogP contribution in [0.3, 0.4) is 0 Å². The molecule has 7 heteroatoms. The zero-order valence-electron chi connectivity index (χ0n) is 9.88. The average Bonchev–Trinajstić information content (AvgIpc) is 2.28. The molecule has 0 saturated carbocycles. The molecule has 1 aromatic carbocycles. The Labute approximate surface area is 105 Å². The van der Waals surface area contributed by atoms with Crippen molar-refractivity contribution >= 4 is 15.7 Å². The second-order valence-electron chi connectivity index (χ2n) is 4.13. The highest BCUT2D eigenvalue weighted by molar-refractivity contribution is 7.89. The molecule has 0 aliphatic heterocycles. The van der Waals surface area contributed by atoms with E-state index in [0.29, 0.717) is 0 Å². The van der Waals surface area contributed by atoms with E-state index in [4.69, 9.17) is 6.42 Å². The maximum Gasteiger partial charge on any atom is 0.269 e. The van der Waals surface area contributed by atoms with E-state index in [1.807, 2.05) is 0 Å². The van der Waals surface area contributed by atoms with Gasteiger partial charge in [0, 0.05) is 12.1 Å². The minimum atomic E-state index is -3.79. The van der Waals surface area contributed by atoms with Gasteiger partial charge in [-0.1, -0.05) is 5.92 Å². The topological polar surface area (TPSA) is 89.3 Å². The Hall–Kier alpha value is -1.91. The highest BCUT2D eigenvalue weighted by Crippen LogP contribution is 2.17. The van der Waals surface area contributed by atoms with Crippen LogP contribution in [0.5, 0.6) is 0 Å². The number of benzene rings is 1. The van der Waals surface area contributed by atoms with Crippen LogP contribution < -0.4 is 4.72 Å². The number of non-ortho nitro benzene ring substituents is 1. The first kappa shape index (κ1) is 14.2. The Morgan fingerprint density at radius 1 is 1.33 bits per heavy atom. The van der Waals surface area contributed by atoms with Crippen LogP contribution in [0, 0.1) is 22.5 Å². The maximum atomic E-state index is 11.9. The van der Waals surface area contributed by atoms with E-state index in [2.05, 4.69) is 10.6 Å². The quantitative estimate of drug-likeness (QED) is 0.506. The van der Waals surface area contributed by atoms with Crippen molar-refractivity contribution in [1.29, 1.82) is 0 Å². The van der Waals surface area contributed by atoms with Crippen molar-refractivity contribution in [3.05, 3.63) is 34.4 Å². The molecule has 0 spiro atoms. The molecule has 1 N–H and O–H groups in total. The van der Waals surface area contributed by atoms with Crippen LogP contribution in [0.15, 0.2) is 29.2 Å². The molecular formula is C11H12N2O4S. The van der Waals surface area contributed by atoms with Gasteiger partial charge in [-0.3, -0.25) is 10.1 Å². The zero-order valence-corrected chi connectivity index (χ0v) is 10.7. The van der Waals surface area contributed by atoms with Crippen molar-refractivity contribution in [2.45, 2.75) is 24.3 Å². The summed E-state index contributed by atoms with van der Waals surface area (Å²) in [6.07, 6.45) is 5.19. The number of nitrogens with one attached hydrogen (secondary N) is 1. The van der Waals surface area contributed by atoms with E-state index in [1.165, 1.54) is 13.8 Å². The van der Waals surface area contributed by atoms with Gasteiger partial charge in [0.15, 0.2) is 0 Å². The first-order valence-electron chi connectivity index (χ1n) is 4.94. The van der Waals surface area contributed by atoms with Crippen molar-refractivity contribution in [3.8, 4) is 12.3 Å². The van der Waals surface area contributed by atoms with E-state index in [9.17, 15) is 18.5 Å². The fraction of sp³-hybridized carbons (Fsp3) is 0.273. The van der Waals surface area contributed by atoms with Gasteiger partial charge in [0.2, 0.25) is 10.0 Å². The molecule has 0 aliphatic rings. The normalized spacial score (nSPS) is 11.8. The lowest BCUT2D eigenvalue weighted by Crippen LogP contribution is -2.41. The van der Waals surface area contributed by atoms with Crippen LogP contribution in [0.25, 0.3) is 0 Å². The number of hydrogen-bond donors (Lipinski definition) is 1. The van der Waals surface area contributed by atoms with E-state index in [-0.39, 0.29) is 10.6 Å². The number of nitro groups is 1. The van der Waals surface area contributed by atoms with Crippen molar-refractivity contribution in [2.75, 3.05) is 0 Å². The van der Waals surface area contributed by atoms with Gasteiger partial charge < -0.3 is 0 Å². The number of rotatable bonds is 4. The first-order valence-corrected chi connectivity index (χ1v) is 6.42. The molecule has 6 nitrogen and oxygen atoms in total. The summed E-state index contributed by atoms with van der Waals surface area (Å²) in [5.41, 5.74) is -1.20. The number of nitrogens with zero attached hydrogens (tertiary/aromatic N) is 1. The highest BCUT2D eigenvalue weighted by atomic mass is 32.2. The molecule has 96 valence electrons. The molecule has 1 aromatic rings. The third kappa shape index (κ3) is 3.29. The minimum absolute atomic E-state index is 0.0728. The molecule has 18 heavy (non-hydrogen) atoms. The number of nitro benzene ring substituents is 1. The third-order valence-electron chi connectivity index (χ3n) is 2.11. The molecule has 0 radical (unpaired) electrons. The molecule has 0 bridgehead atoms. The van der Waals surface area contributed by atoms with E-state index in [0.717, 1.165) is 24.3 Å². The fourth-order valence-corrected chi connectivity index (χ4v) is 2.51. The second kappa shape index (κ2) is 4.76. The zero-order chi connectivity index (χ0) is 14.0. The maximum absolute atomic E-state index is 11.9. The lowest BCUT2D eigenvalue weighted by Gasteiger charge is -2.19. The van der Waals surface area contributed by atoms with E-state index >= 15 is 0 Å². The lowest BCUT2D eigenvalue weighted by atomic mass is 10.1. The molecule has 1 rings (SSSR count). The lowest BCUT2D eigenvalue weighted by molar-refractivity contribution is -0.384. The molecule has 0 fully saturated rings. The summed E-state index contributed by atoms with van der Waals surface area (Å²) in [5.74, 6) is 2.30. The van der Waals surface area contributed by atoms with E-state index < -0.39 is 20.5 Å². The van der Waals surface area contributed by atoms with Crippen LogP contribution in [-0.4, -0.2) is 18.9 Å². The molecule has 0 aliphatic carbocycles. The fourth-order valence-electron chi connectivity index (χ4n) is 1.17. The van der Waals surface area contributed by atoms with Crippen LogP contribution in [0.2, 0.25) is 0 Å². The molecule has 0 amide bonds. The van der Waals surface area contributed by atoms with Gasteiger partial charge in [0.1, 0.15) is 0 Å². The summed E-state index contributed by atoms with van der Waals surface area (Å²) in [7, 11) is -3.79. The van der Waals surface area contributed by atoms with Crippen LogP contribution in [0.1, 0.15) is 13.8 Å². The number of sulfonamides is 1. The number of hydrogen-bond acceptors (Lipinski definition) is 4. The van der Waals surface area contributed by atoms with Gasteiger partial charge in [-0.05, 0) is 26.0 Å². The Bertz CT molecular complexity index is 597. The van der Waals surface area contributed by atoms with Gasteiger partial charge in [-0.25, -0.2) is 8.42 Å². The Balaban J connectivity index is 3.08.